The van der Waals surface area contributed by atoms with Gasteiger partial charge in [0.1, 0.15) is 11.5 Å². The van der Waals surface area contributed by atoms with Crippen LogP contribution in [0.1, 0.15) is 11.4 Å². The summed E-state index contributed by atoms with van der Waals surface area (Å²) in [6.45, 7) is -0.358. The number of alkyl halides is 3. The Labute approximate surface area is 123 Å². The molecular formula is C13H11ClF3N3O. The topological polar surface area (TPSA) is 46.9 Å². The molecule has 2 heterocycles. The number of aromatic nitrogens is 2. The van der Waals surface area contributed by atoms with Crippen molar-refractivity contribution >= 4 is 17.4 Å². The molecule has 0 aliphatic carbocycles. The van der Waals surface area contributed by atoms with E-state index >= 15 is 0 Å². The van der Waals surface area contributed by atoms with Crippen LogP contribution < -0.4 is 10.9 Å². The average molecular weight is 318 g/mol. The third-order valence-electron chi connectivity index (χ3n) is 2.82. The van der Waals surface area contributed by atoms with Crippen LogP contribution in [0.4, 0.5) is 19.0 Å². The highest BCUT2D eigenvalue weighted by molar-refractivity contribution is 6.31. The SMILES string of the molecule is CNc1ccc(Cl)c(Cn2c(C(F)(F)F)cccc2=O)n1. The Bertz CT molecular complexity index is 713. The highest BCUT2D eigenvalue weighted by Gasteiger charge is 2.34. The minimum absolute atomic E-state index is 0.183. The lowest BCUT2D eigenvalue weighted by Crippen LogP contribution is -2.28. The zero-order chi connectivity index (χ0) is 15.6. The number of halogens is 4. The van der Waals surface area contributed by atoms with Gasteiger partial charge in [-0.25, -0.2) is 4.98 Å². The summed E-state index contributed by atoms with van der Waals surface area (Å²) in [6, 6.07) is 6.07. The fourth-order valence-electron chi connectivity index (χ4n) is 1.82. The second kappa shape index (κ2) is 5.77. The van der Waals surface area contributed by atoms with Gasteiger partial charge in [-0.05, 0) is 18.2 Å². The minimum atomic E-state index is -4.63. The summed E-state index contributed by atoms with van der Waals surface area (Å²) in [6.07, 6.45) is -4.63. The number of pyridine rings is 2. The molecule has 0 saturated carbocycles. The Morgan fingerprint density at radius 2 is 2.00 bits per heavy atom. The van der Waals surface area contributed by atoms with E-state index in [0.29, 0.717) is 10.4 Å². The van der Waals surface area contributed by atoms with Crippen LogP contribution in [0.2, 0.25) is 5.02 Å². The van der Waals surface area contributed by atoms with Crippen molar-refractivity contribution in [3.05, 3.63) is 57.1 Å². The van der Waals surface area contributed by atoms with Crippen molar-refractivity contribution in [2.24, 2.45) is 0 Å². The molecule has 0 aromatic carbocycles. The highest BCUT2D eigenvalue weighted by Crippen LogP contribution is 2.29. The lowest BCUT2D eigenvalue weighted by molar-refractivity contribution is -0.144. The Kier molecular flexibility index (Phi) is 4.22. The van der Waals surface area contributed by atoms with Gasteiger partial charge in [0.05, 0.1) is 17.3 Å². The molecule has 1 N–H and O–H groups in total. The van der Waals surface area contributed by atoms with E-state index in [1.165, 1.54) is 6.07 Å². The van der Waals surface area contributed by atoms with E-state index in [0.717, 1.165) is 18.2 Å². The highest BCUT2D eigenvalue weighted by atomic mass is 35.5. The Hall–Kier alpha value is -2.02. The Morgan fingerprint density at radius 3 is 2.62 bits per heavy atom. The quantitative estimate of drug-likeness (QED) is 0.946. The Balaban J connectivity index is 2.52. The van der Waals surface area contributed by atoms with Gasteiger partial charge in [0.25, 0.3) is 5.56 Å². The molecule has 4 nitrogen and oxygen atoms in total. The van der Waals surface area contributed by atoms with Crippen LogP contribution in [-0.2, 0) is 12.7 Å². The molecule has 21 heavy (non-hydrogen) atoms. The molecule has 0 unspecified atom stereocenters. The van der Waals surface area contributed by atoms with Crippen molar-refractivity contribution in [2.75, 3.05) is 12.4 Å². The molecule has 0 aliphatic rings. The van der Waals surface area contributed by atoms with E-state index < -0.39 is 17.4 Å². The first-order valence-corrected chi connectivity index (χ1v) is 6.31. The fourth-order valence-corrected chi connectivity index (χ4v) is 1.98. The molecule has 2 aromatic heterocycles. The van der Waals surface area contributed by atoms with Gasteiger partial charge < -0.3 is 5.32 Å². The zero-order valence-corrected chi connectivity index (χ0v) is 11.7. The maximum absolute atomic E-state index is 13.0. The van der Waals surface area contributed by atoms with Crippen molar-refractivity contribution in [3.63, 3.8) is 0 Å². The molecule has 2 rings (SSSR count). The summed E-state index contributed by atoms with van der Waals surface area (Å²) < 4.78 is 39.5. The van der Waals surface area contributed by atoms with Gasteiger partial charge >= 0.3 is 6.18 Å². The summed E-state index contributed by atoms with van der Waals surface area (Å²) in [7, 11) is 1.62. The molecule has 0 saturated heterocycles. The Morgan fingerprint density at radius 1 is 1.29 bits per heavy atom. The van der Waals surface area contributed by atoms with E-state index in [4.69, 9.17) is 11.6 Å². The fraction of sp³-hybridized carbons (Fsp3) is 0.231. The third-order valence-corrected chi connectivity index (χ3v) is 3.17. The van der Waals surface area contributed by atoms with E-state index in [1.54, 1.807) is 13.1 Å². The molecule has 0 atom stereocenters. The number of nitrogens with one attached hydrogen (secondary N) is 1. The first-order valence-electron chi connectivity index (χ1n) is 5.93. The molecule has 0 aliphatic heterocycles. The van der Waals surface area contributed by atoms with Crippen molar-refractivity contribution in [3.8, 4) is 0 Å². The zero-order valence-electron chi connectivity index (χ0n) is 10.9. The second-order valence-corrected chi connectivity index (χ2v) is 4.62. The van der Waals surface area contributed by atoms with Gasteiger partial charge in [0, 0.05) is 13.1 Å². The molecule has 0 bridgehead atoms. The normalized spacial score (nSPS) is 11.5. The third kappa shape index (κ3) is 3.36. The van der Waals surface area contributed by atoms with Crippen molar-refractivity contribution in [1.82, 2.24) is 9.55 Å². The van der Waals surface area contributed by atoms with Crippen molar-refractivity contribution < 1.29 is 13.2 Å². The van der Waals surface area contributed by atoms with Crippen molar-refractivity contribution in [1.29, 1.82) is 0 Å². The first-order chi connectivity index (χ1) is 9.82. The van der Waals surface area contributed by atoms with Crippen LogP contribution in [0.5, 0.6) is 0 Å². The summed E-state index contributed by atoms with van der Waals surface area (Å²) in [5, 5.41) is 2.95. The lowest BCUT2D eigenvalue weighted by atomic mass is 10.3. The standard InChI is InChI=1S/C13H11ClF3N3O/c1-18-11-6-5-8(14)9(19-11)7-20-10(13(15,16)17)3-2-4-12(20)21/h2-6H,7H2,1H3,(H,18,19). The summed E-state index contributed by atoms with van der Waals surface area (Å²) in [5.74, 6) is 0.451. The molecule has 2 aromatic rings. The van der Waals surface area contributed by atoms with E-state index in [2.05, 4.69) is 10.3 Å². The number of rotatable bonds is 3. The monoisotopic (exact) mass is 317 g/mol. The van der Waals surface area contributed by atoms with E-state index in [-0.39, 0.29) is 17.3 Å². The van der Waals surface area contributed by atoms with Crippen LogP contribution in [-0.4, -0.2) is 16.6 Å². The predicted octanol–water partition coefficient (Wildman–Crippen LogP) is 3.01. The largest absolute Gasteiger partial charge is 0.431 e. The van der Waals surface area contributed by atoms with Gasteiger partial charge in [-0.15, -0.1) is 0 Å². The maximum Gasteiger partial charge on any atom is 0.431 e. The summed E-state index contributed by atoms with van der Waals surface area (Å²) in [4.78, 5) is 15.8. The van der Waals surface area contributed by atoms with Gasteiger partial charge in [0.2, 0.25) is 0 Å². The van der Waals surface area contributed by atoms with Crippen LogP contribution >= 0.6 is 11.6 Å². The van der Waals surface area contributed by atoms with E-state index in [9.17, 15) is 18.0 Å². The van der Waals surface area contributed by atoms with Gasteiger partial charge in [0.15, 0.2) is 0 Å². The summed E-state index contributed by atoms with van der Waals surface area (Å²) >= 11 is 5.94. The number of hydrogen-bond donors (Lipinski definition) is 1. The first kappa shape index (κ1) is 15.4. The maximum atomic E-state index is 13.0. The van der Waals surface area contributed by atoms with Gasteiger partial charge in [-0.2, -0.15) is 13.2 Å². The summed E-state index contributed by atoms with van der Waals surface area (Å²) in [5.41, 5.74) is -1.62. The number of hydrogen-bond acceptors (Lipinski definition) is 3. The molecule has 8 heteroatoms. The lowest BCUT2D eigenvalue weighted by Gasteiger charge is -2.15. The van der Waals surface area contributed by atoms with Crippen LogP contribution in [0.25, 0.3) is 0 Å². The predicted molar refractivity (Wildman–Crippen MR) is 73.6 cm³/mol. The minimum Gasteiger partial charge on any atom is -0.373 e. The van der Waals surface area contributed by atoms with Gasteiger partial charge in [-0.3, -0.25) is 9.36 Å². The van der Waals surface area contributed by atoms with E-state index in [1.807, 2.05) is 0 Å². The molecule has 0 spiro atoms. The van der Waals surface area contributed by atoms with Crippen LogP contribution in [0, 0.1) is 0 Å². The average Bonchev–Trinajstić information content (AvgIpc) is 2.42. The molecule has 0 amide bonds. The molecular weight excluding hydrogens is 307 g/mol. The van der Waals surface area contributed by atoms with Crippen LogP contribution in [0.15, 0.2) is 35.1 Å². The van der Waals surface area contributed by atoms with Crippen molar-refractivity contribution in [2.45, 2.75) is 12.7 Å². The van der Waals surface area contributed by atoms with Gasteiger partial charge in [-0.1, -0.05) is 17.7 Å². The number of nitrogens with zero attached hydrogens (tertiary/aromatic N) is 2. The molecule has 112 valence electrons. The second-order valence-electron chi connectivity index (χ2n) is 4.21. The number of anilines is 1. The smallest absolute Gasteiger partial charge is 0.373 e. The molecule has 0 radical (unpaired) electrons. The molecule has 0 fully saturated rings. The van der Waals surface area contributed by atoms with Crippen LogP contribution in [0.3, 0.4) is 0 Å².